The predicted molar refractivity (Wildman–Crippen MR) is 74.2 cm³/mol. The van der Waals surface area contributed by atoms with E-state index in [-0.39, 0.29) is 0 Å². The molecule has 0 aromatic carbocycles. The minimum Gasteiger partial charge on any atom is -0.394 e. The third-order valence-corrected chi connectivity index (χ3v) is 3.80. The van der Waals surface area contributed by atoms with Gasteiger partial charge in [0.05, 0.1) is 6.61 Å². The van der Waals surface area contributed by atoms with Gasteiger partial charge in [-0.2, -0.15) is 0 Å². The van der Waals surface area contributed by atoms with Gasteiger partial charge in [0.15, 0.2) is 34.1 Å². The summed E-state index contributed by atoms with van der Waals surface area (Å²) in [6, 6.07) is 0. The zero-order valence-corrected chi connectivity index (χ0v) is 13.2. The van der Waals surface area contributed by atoms with Crippen LogP contribution in [0.4, 0.5) is 0 Å². The summed E-state index contributed by atoms with van der Waals surface area (Å²) in [6.45, 7) is 1.62. The van der Waals surface area contributed by atoms with Crippen LogP contribution in [0.2, 0.25) is 0 Å². The molecule has 0 unspecified atom stereocenters. The summed E-state index contributed by atoms with van der Waals surface area (Å²) in [5.74, 6) is -7.11. The van der Waals surface area contributed by atoms with Crippen molar-refractivity contribution in [2.75, 3.05) is 6.61 Å². The van der Waals surface area contributed by atoms with Gasteiger partial charge in [0.25, 0.3) is 0 Å². The molecule has 4 N–H and O–H groups in total. The summed E-state index contributed by atoms with van der Waals surface area (Å²) in [7, 11) is 0. The lowest BCUT2D eigenvalue weighted by molar-refractivity contribution is -0.201. The Morgan fingerprint density at radius 1 is 0.870 bits per heavy atom. The summed E-state index contributed by atoms with van der Waals surface area (Å²) in [5.41, 5.74) is -6.64. The molecule has 0 rings (SSSR count). The van der Waals surface area contributed by atoms with Gasteiger partial charge < -0.3 is 20.4 Å². The number of hydrogen-bond donors (Lipinski definition) is 4. The van der Waals surface area contributed by atoms with Gasteiger partial charge in [-0.15, -0.1) is 0 Å². The first-order chi connectivity index (χ1) is 10.3. The fraction of sp³-hybridized carbons (Fsp3) is 0.643. The van der Waals surface area contributed by atoms with Crippen LogP contribution in [0.1, 0.15) is 27.7 Å². The first-order valence-corrected chi connectivity index (χ1v) is 6.61. The van der Waals surface area contributed by atoms with Crippen LogP contribution in [0.15, 0.2) is 0 Å². The molecule has 130 valence electrons. The summed E-state index contributed by atoms with van der Waals surface area (Å²) >= 11 is 0. The van der Waals surface area contributed by atoms with Crippen LogP contribution in [0, 0.1) is 5.41 Å². The number of hydrogen-bond acceptors (Lipinski definition) is 9. The fourth-order valence-electron chi connectivity index (χ4n) is 2.61. The summed E-state index contributed by atoms with van der Waals surface area (Å²) in [5, 5.41) is 39.1. The second-order valence-corrected chi connectivity index (χ2v) is 5.27. The van der Waals surface area contributed by atoms with Gasteiger partial charge in [-0.3, -0.25) is 24.0 Å². The highest BCUT2D eigenvalue weighted by Gasteiger charge is 2.69. The molecule has 3 atom stereocenters. The van der Waals surface area contributed by atoms with Crippen molar-refractivity contribution in [2.24, 2.45) is 5.41 Å². The number of ketones is 5. The normalized spacial score (nSPS) is 16.9. The van der Waals surface area contributed by atoms with Crippen LogP contribution in [-0.4, -0.2) is 73.8 Å². The van der Waals surface area contributed by atoms with Crippen molar-refractivity contribution >= 4 is 28.9 Å². The molecule has 0 saturated heterocycles. The Balaban J connectivity index is 6.91. The van der Waals surface area contributed by atoms with E-state index in [1.54, 1.807) is 0 Å². The molecule has 0 aliphatic heterocycles. The van der Waals surface area contributed by atoms with E-state index in [0.29, 0.717) is 20.8 Å². The van der Waals surface area contributed by atoms with Crippen LogP contribution < -0.4 is 0 Å². The molecule has 0 bridgehead atoms. The molecule has 9 heteroatoms. The van der Waals surface area contributed by atoms with Crippen molar-refractivity contribution in [1.29, 1.82) is 0 Å². The van der Waals surface area contributed by atoms with E-state index < -0.39 is 58.7 Å². The van der Waals surface area contributed by atoms with Gasteiger partial charge in [-0.05, 0) is 20.8 Å². The largest absolute Gasteiger partial charge is 0.394 e. The maximum atomic E-state index is 12.3. The Hall–Kier alpha value is -1.81. The van der Waals surface area contributed by atoms with Crippen LogP contribution in [-0.2, 0) is 24.0 Å². The van der Waals surface area contributed by atoms with Gasteiger partial charge in [0.2, 0.25) is 5.78 Å². The SMILES string of the molecule is CC(=O)C(=O)C(C(C)=O)(C(C)=O)[C@](O)(C(C)=O)[C@H](O)[C@H](O)CO. The topological polar surface area (TPSA) is 166 Å². The summed E-state index contributed by atoms with van der Waals surface area (Å²) in [6.07, 6.45) is -4.72. The Kier molecular flexibility index (Phi) is 6.61. The average molecular weight is 332 g/mol. The molecule has 0 fully saturated rings. The smallest absolute Gasteiger partial charge is 0.222 e. The van der Waals surface area contributed by atoms with Crippen molar-refractivity contribution in [3.05, 3.63) is 0 Å². The molecule has 0 saturated carbocycles. The molecule has 0 spiro atoms. The van der Waals surface area contributed by atoms with E-state index in [1.165, 1.54) is 0 Å². The van der Waals surface area contributed by atoms with E-state index in [1.807, 2.05) is 0 Å². The molecule has 0 aromatic rings. The summed E-state index contributed by atoms with van der Waals surface area (Å²) < 4.78 is 0. The highest BCUT2D eigenvalue weighted by molar-refractivity contribution is 6.49. The number of carbonyl (C=O) groups excluding carboxylic acids is 5. The molecular weight excluding hydrogens is 312 g/mol. The third kappa shape index (κ3) is 3.00. The van der Waals surface area contributed by atoms with Crippen LogP contribution in [0.25, 0.3) is 0 Å². The van der Waals surface area contributed by atoms with E-state index >= 15 is 0 Å². The number of rotatable bonds is 9. The second kappa shape index (κ2) is 7.18. The lowest BCUT2D eigenvalue weighted by Crippen LogP contribution is -2.72. The monoisotopic (exact) mass is 332 g/mol. The van der Waals surface area contributed by atoms with Crippen molar-refractivity contribution < 1.29 is 44.4 Å². The van der Waals surface area contributed by atoms with Crippen LogP contribution in [0.5, 0.6) is 0 Å². The average Bonchev–Trinajstić information content (AvgIpc) is 2.44. The third-order valence-electron chi connectivity index (χ3n) is 3.80. The maximum absolute atomic E-state index is 12.3. The molecular formula is C14H20O9. The quantitative estimate of drug-likeness (QED) is 0.260. The Labute approximate surface area is 131 Å². The predicted octanol–water partition coefficient (Wildman–Crippen LogP) is -2.66. The fourth-order valence-corrected chi connectivity index (χ4v) is 2.61. The lowest BCUT2D eigenvalue weighted by atomic mass is 9.58. The molecule has 0 heterocycles. The minimum absolute atomic E-state index is 0.668. The molecule has 0 aliphatic carbocycles. The van der Waals surface area contributed by atoms with Gasteiger partial charge >= 0.3 is 0 Å². The zero-order chi connectivity index (χ0) is 18.7. The highest BCUT2D eigenvalue weighted by Crippen LogP contribution is 2.40. The van der Waals surface area contributed by atoms with Crippen molar-refractivity contribution in [1.82, 2.24) is 0 Å². The number of aliphatic hydroxyl groups excluding tert-OH is 3. The number of carbonyl (C=O) groups is 5. The molecule has 0 amide bonds. The molecule has 0 aliphatic rings. The van der Waals surface area contributed by atoms with E-state index in [4.69, 9.17) is 5.11 Å². The Bertz CT molecular complexity index is 536. The molecule has 0 aromatic heterocycles. The van der Waals surface area contributed by atoms with Gasteiger partial charge in [0.1, 0.15) is 12.2 Å². The Morgan fingerprint density at radius 2 is 1.26 bits per heavy atom. The number of Topliss-reactive ketones (excluding diaryl/α,β-unsaturated/α-hetero) is 5. The standard InChI is InChI=1S/C14H20O9/c1-6(16)11(21)13(7(2)17,8(3)18)14(23,9(4)19)12(22)10(20)5-15/h10,12,15,20,22-23H,5H2,1-4H3/t10-,12-,14+/m1/s1. The lowest BCUT2D eigenvalue weighted by Gasteiger charge is -2.44. The van der Waals surface area contributed by atoms with Crippen molar-refractivity contribution in [3.63, 3.8) is 0 Å². The molecule has 9 nitrogen and oxygen atoms in total. The van der Waals surface area contributed by atoms with Gasteiger partial charge in [-0.25, -0.2) is 0 Å². The Morgan fingerprint density at radius 3 is 1.48 bits per heavy atom. The second-order valence-electron chi connectivity index (χ2n) is 5.27. The summed E-state index contributed by atoms with van der Waals surface area (Å²) in [4.78, 5) is 59.8. The first kappa shape index (κ1) is 21.2. The van der Waals surface area contributed by atoms with Crippen LogP contribution in [0.3, 0.4) is 0 Å². The van der Waals surface area contributed by atoms with Crippen molar-refractivity contribution in [2.45, 2.75) is 45.5 Å². The zero-order valence-electron chi connectivity index (χ0n) is 13.2. The van der Waals surface area contributed by atoms with Gasteiger partial charge in [0, 0.05) is 6.92 Å². The number of aliphatic hydroxyl groups is 4. The minimum atomic E-state index is -3.42. The molecule has 0 radical (unpaired) electrons. The van der Waals surface area contributed by atoms with E-state index in [0.717, 1.165) is 6.92 Å². The maximum Gasteiger partial charge on any atom is 0.222 e. The highest BCUT2D eigenvalue weighted by atomic mass is 16.4. The van der Waals surface area contributed by atoms with E-state index in [9.17, 15) is 39.3 Å². The van der Waals surface area contributed by atoms with Crippen molar-refractivity contribution in [3.8, 4) is 0 Å². The van der Waals surface area contributed by atoms with Crippen LogP contribution >= 0.6 is 0 Å². The first-order valence-electron chi connectivity index (χ1n) is 6.61. The molecule has 23 heavy (non-hydrogen) atoms. The van der Waals surface area contributed by atoms with Gasteiger partial charge in [-0.1, -0.05) is 0 Å². The van der Waals surface area contributed by atoms with E-state index in [2.05, 4.69) is 0 Å².